The van der Waals surface area contributed by atoms with Gasteiger partial charge in [0.1, 0.15) is 17.1 Å². The largest absolute Gasteiger partial charge is 0.437 e. The van der Waals surface area contributed by atoms with Crippen molar-refractivity contribution in [3.63, 3.8) is 0 Å². The Bertz CT molecular complexity index is 2180. The number of alkyl halides is 3. The van der Waals surface area contributed by atoms with Crippen LogP contribution in [0.3, 0.4) is 0 Å². The lowest BCUT2D eigenvalue weighted by Gasteiger charge is -2.20. The maximum atomic E-state index is 13.5. The molecule has 45 heavy (non-hydrogen) atoms. The molecule has 0 aliphatic rings. The van der Waals surface area contributed by atoms with Crippen LogP contribution >= 0.6 is 0 Å². The first-order valence-corrected chi connectivity index (χ1v) is 15.5. The van der Waals surface area contributed by atoms with Gasteiger partial charge in [0.25, 0.3) is 0 Å². The Kier molecular flexibility index (Phi) is 7.15. The van der Waals surface area contributed by atoms with E-state index in [0.717, 1.165) is 52.1 Å². The van der Waals surface area contributed by atoms with Gasteiger partial charge in [0, 0.05) is 22.7 Å². The average Bonchev–Trinajstić information content (AvgIpc) is 3.58. The van der Waals surface area contributed by atoms with E-state index in [1.807, 2.05) is 36.4 Å². The predicted molar refractivity (Wildman–Crippen MR) is 176 cm³/mol. The normalized spacial score (nSPS) is 12.6. The number of pyridine rings is 1. The van der Waals surface area contributed by atoms with E-state index in [-0.39, 0.29) is 5.71 Å². The van der Waals surface area contributed by atoms with E-state index in [4.69, 9.17) is 9.40 Å². The molecule has 3 aromatic heterocycles. The Hall–Kier alpha value is -4.65. The van der Waals surface area contributed by atoms with E-state index in [9.17, 15) is 13.2 Å². The number of furan rings is 1. The van der Waals surface area contributed by atoms with Crippen molar-refractivity contribution in [3.05, 3.63) is 107 Å². The molecule has 4 nitrogen and oxygen atoms in total. The highest BCUT2D eigenvalue weighted by Crippen LogP contribution is 2.39. The number of nitrogens with zero attached hydrogens (tertiary/aromatic N) is 3. The lowest BCUT2D eigenvalue weighted by Crippen LogP contribution is -2.07. The molecule has 0 amide bonds. The summed E-state index contributed by atoms with van der Waals surface area (Å²) in [7, 11) is 0. The van der Waals surface area contributed by atoms with Crippen molar-refractivity contribution < 1.29 is 17.6 Å². The van der Waals surface area contributed by atoms with E-state index in [1.165, 1.54) is 22.8 Å². The molecule has 7 heteroatoms. The number of rotatable bonds is 7. The molecule has 7 rings (SSSR count). The minimum absolute atomic E-state index is 0.0353. The van der Waals surface area contributed by atoms with Crippen molar-refractivity contribution in [1.82, 2.24) is 14.5 Å². The van der Waals surface area contributed by atoms with Crippen molar-refractivity contribution in [2.45, 2.75) is 65.1 Å². The van der Waals surface area contributed by atoms with Crippen LogP contribution in [0.5, 0.6) is 0 Å². The van der Waals surface area contributed by atoms with Gasteiger partial charge in [-0.3, -0.25) is 0 Å². The third-order valence-electron chi connectivity index (χ3n) is 8.83. The van der Waals surface area contributed by atoms with Crippen molar-refractivity contribution >= 4 is 43.9 Å². The van der Waals surface area contributed by atoms with Crippen molar-refractivity contribution in [2.24, 2.45) is 0 Å². The molecule has 4 aromatic carbocycles. The first-order valence-electron chi connectivity index (χ1n) is 15.5. The van der Waals surface area contributed by atoms with Crippen LogP contribution in [-0.2, 0) is 19.1 Å². The molecule has 0 atom stereocenters. The molecule has 0 aliphatic heterocycles. The second-order valence-electron chi connectivity index (χ2n) is 12.4. The molecular formula is C38H34F3N3O. The molecule has 228 valence electrons. The summed E-state index contributed by atoms with van der Waals surface area (Å²) >= 11 is 0. The Labute approximate surface area is 259 Å². The number of aromatic nitrogens is 3. The zero-order valence-electron chi connectivity index (χ0n) is 25.7. The zero-order valence-corrected chi connectivity index (χ0v) is 25.7. The third-order valence-corrected chi connectivity index (χ3v) is 8.83. The predicted octanol–water partition coefficient (Wildman–Crippen LogP) is 11.0. The number of hydrogen-bond donors (Lipinski definition) is 0. The number of para-hydroxylation sites is 1. The molecule has 0 radical (unpaired) electrons. The molecule has 0 unspecified atom stereocenters. The fraction of sp³-hybridized carbons (Fsp3) is 0.263. The third kappa shape index (κ3) is 5.04. The topological polar surface area (TPSA) is 43.9 Å². The standard InChI is InChI=1S/C38H34F3N3O/c1-22(2)25-12-7-13-26(23(3)4)28(25)16-9-21-44-34-27-11-6-5-10-24(27)17-19-32(34)42-36(44)31-15-8-14-29-30-18-20-33(38(39,40)41)43-37(30)45-35(29)31/h5-8,10-15,17-20,22-23H,9,16,21H2,1-4H3. The van der Waals surface area contributed by atoms with Gasteiger partial charge in [0.2, 0.25) is 5.71 Å². The summed E-state index contributed by atoms with van der Waals surface area (Å²) in [6, 6.07) is 27.2. The fourth-order valence-corrected chi connectivity index (χ4v) is 6.74. The molecule has 0 fully saturated rings. The number of benzene rings is 4. The van der Waals surface area contributed by atoms with Crippen LogP contribution in [0.2, 0.25) is 0 Å². The summed E-state index contributed by atoms with van der Waals surface area (Å²) in [4.78, 5) is 8.96. The quantitative estimate of drug-likeness (QED) is 0.182. The van der Waals surface area contributed by atoms with Crippen LogP contribution < -0.4 is 0 Å². The van der Waals surface area contributed by atoms with Crippen LogP contribution in [-0.4, -0.2) is 14.5 Å². The number of aryl methyl sites for hydroxylation is 1. The second-order valence-corrected chi connectivity index (χ2v) is 12.4. The molecular weight excluding hydrogens is 571 g/mol. The van der Waals surface area contributed by atoms with E-state index in [2.05, 4.69) is 73.6 Å². The average molecular weight is 606 g/mol. The van der Waals surface area contributed by atoms with E-state index in [0.29, 0.717) is 34.7 Å². The lowest BCUT2D eigenvalue weighted by molar-refractivity contribution is -0.141. The molecule has 0 bridgehead atoms. The molecule has 0 N–H and O–H groups in total. The molecule has 0 aliphatic carbocycles. The number of fused-ring (bicyclic) bond motifs is 6. The summed E-state index contributed by atoms with van der Waals surface area (Å²) in [5.41, 5.74) is 6.29. The minimum atomic E-state index is -4.56. The first-order chi connectivity index (χ1) is 21.6. The van der Waals surface area contributed by atoms with Gasteiger partial charge < -0.3 is 8.98 Å². The Morgan fingerprint density at radius 1 is 0.733 bits per heavy atom. The highest BCUT2D eigenvalue weighted by Gasteiger charge is 2.33. The van der Waals surface area contributed by atoms with Gasteiger partial charge in [0.05, 0.1) is 16.6 Å². The molecule has 0 saturated heterocycles. The Morgan fingerprint density at radius 3 is 2.18 bits per heavy atom. The summed E-state index contributed by atoms with van der Waals surface area (Å²) in [5, 5.41) is 3.47. The van der Waals surface area contributed by atoms with E-state index < -0.39 is 11.9 Å². The van der Waals surface area contributed by atoms with Crippen LogP contribution in [0.15, 0.2) is 89.3 Å². The molecule has 0 saturated carbocycles. The number of halogens is 3. The van der Waals surface area contributed by atoms with Gasteiger partial charge in [-0.25, -0.2) is 9.97 Å². The molecule has 0 spiro atoms. The van der Waals surface area contributed by atoms with E-state index in [1.54, 1.807) is 0 Å². The zero-order chi connectivity index (χ0) is 31.5. The number of hydrogen-bond acceptors (Lipinski definition) is 3. The number of imidazole rings is 1. The minimum Gasteiger partial charge on any atom is -0.437 e. The summed E-state index contributed by atoms with van der Waals surface area (Å²) in [5.74, 6) is 1.57. The smallest absolute Gasteiger partial charge is 0.433 e. The summed E-state index contributed by atoms with van der Waals surface area (Å²) in [6.07, 6.45) is -2.75. The van der Waals surface area contributed by atoms with Crippen molar-refractivity contribution in [1.29, 1.82) is 0 Å². The van der Waals surface area contributed by atoms with Crippen LogP contribution in [0.25, 0.3) is 55.3 Å². The Balaban J connectivity index is 1.39. The second kappa shape index (κ2) is 11.1. The monoisotopic (exact) mass is 605 g/mol. The maximum Gasteiger partial charge on any atom is 0.433 e. The summed E-state index contributed by atoms with van der Waals surface area (Å²) in [6.45, 7) is 9.69. The highest BCUT2D eigenvalue weighted by molar-refractivity contribution is 6.10. The van der Waals surface area contributed by atoms with Gasteiger partial charge in [-0.05, 0) is 71.0 Å². The van der Waals surface area contributed by atoms with Gasteiger partial charge in [0.15, 0.2) is 0 Å². The van der Waals surface area contributed by atoms with Gasteiger partial charge in [-0.15, -0.1) is 0 Å². The molecule has 3 heterocycles. The van der Waals surface area contributed by atoms with Gasteiger partial charge in [-0.2, -0.15) is 13.2 Å². The summed E-state index contributed by atoms with van der Waals surface area (Å²) < 4.78 is 48.8. The van der Waals surface area contributed by atoms with Crippen LogP contribution in [0.1, 0.15) is 68.3 Å². The molecule has 7 aromatic rings. The van der Waals surface area contributed by atoms with Gasteiger partial charge in [-0.1, -0.05) is 88.4 Å². The van der Waals surface area contributed by atoms with Crippen LogP contribution in [0.4, 0.5) is 13.2 Å². The SMILES string of the molecule is CC(C)c1cccc(C(C)C)c1CCCn1c(-c2cccc3c2oc2nc(C(F)(F)F)ccc23)nc2ccc3ccccc3c21. The lowest BCUT2D eigenvalue weighted by atomic mass is 9.86. The first kappa shape index (κ1) is 29.1. The van der Waals surface area contributed by atoms with Gasteiger partial charge >= 0.3 is 6.18 Å². The van der Waals surface area contributed by atoms with Crippen LogP contribution in [0, 0.1) is 0 Å². The van der Waals surface area contributed by atoms with E-state index >= 15 is 0 Å². The van der Waals surface area contributed by atoms with Crippen molar-refractivity contribution in [2.75, 3.05) is 0 Å². The highest BCUT2D eigenvalue weighted by atomic mass is 19.4. The van der Waals surface area contributed by atoms with Crippen molar-refractivity contribution in [3.8, 4) is 11.4 Å². The maximum absolute atomic E-state index is 13.5. The Morgan fingerprint density at radius 2 is 1.44 bits per heavy atom. The fourth-order valence-electron chi connectivity index (χ4n) is 6.74.